The van der Waals surface area contributed by atoms with Gasteiger partial charge < -0.3 is 0 Å². The molecule has 0 heterocycles. The molecule has 19 heavy (non-hydrogen) atoms. The van der Waals surface area contributed by atoms with Gasteiger partial charge in [0, 0.05) is 6.42 Å². The highest BCUT2D eigenvalue weighted by atomic mass is 16.1. The van der Waals surface area contributed by atoms with Crippen LogP contribution in [-0.4, -0.2) is 11.7 Å². The molecule has 0 aromatic heterocycles. The molecule has 0 aliphatic carbocycles. The molecule has 0 atom stereocenters. The van der Waals surface area contributed by atoms with Crippen molar-refractivity contribution in [1.29, 1.82) is 0 Å². The summed E-state index contributed by atoms with van der Waals surface area (Å²) in [6.07, 6.45) is 17.0. The number of carbonyl (C=O) groups is 1. The molecule has 0 N–H and O–H groups in total. The van der Waals surface area contributed by atoms with E-state index in [-0.39, 0.29) is 5.78 Å². The lowest BCUT2D eigenvalue weighted by Crippen LogP contribution is -1.92. The summed E-state index contributed by atoms with van der Waals surface area (Å²) in [6.45, 7) is 2.25. The van der Waals surface area contributed by atoms with Gasteiger partial charge in [0.25, 0.3) is 0 Å². The largest absolute Gasteiger partial charge is 0.294 e. The molecule has 0 aliphatic heterocycles. The van der Waals surface area contributed by atoms with Crippen molar-refractivity contribution in [3.05, 3.63) is 6.08 Å². The molecule has 0 aromatic rings. The van der Waals surface area contributed by atoms with Crippen molar-refractivity contribution >= 4 is 11.7 Å². The molecule has 0 bridgehead atoms. The maximum atomic E-state index is 11.0. The van der Waals surface area contributed by atoms with Crippen molar-refractivity contribution in [3.63, 3.8) is 0 Å². The minimum absolute atomic E-state index is 0.0814. The van der Waals surface area contributed by atoms with E-state index in [9.17, 15) is 9.59 Å². The molecule has 0 rings (SSSR count). The van der Waals surface area contributed by atoms with Crippen LogP contribution in [0.15, 0.2) is 6.08 Å². The van der Waals surface area contributed by atoms with Gasteiger partial charge >= 0.3 is 0 Å². The Kier molecular flexibility index (Phi) is 14.5. The zero-order chi connectivity index (χ0) is 14.2. The van der Waals surface area contributed by atoms with Gasteiger partial charge in [-0.25, -0.2) is 4.79 Å². The van der Waals surface area contributed by atoms with E-state index in [2.05, 4.69) is 6.92 Å². The highest BCUT2D eigenvalue weighted by Crippen LogP contribution is 2.12. The van der Waals surface area contributed by atoms with E-state index in [0.29, 0.717) is 6.42 Å². The van der Waals surface area contributed by atoms with Crippen molar-refractivity contribution in [2.75, 3.05) is 0 Å². The third kappa shape index (κ3) is 15.1. The molecular weight excluding hydrogens is 236 g/mol. The fourth-order valence-corrected chi connectivity index (χ4v) is 2.28. The molecule has 2 nitrogen and oxygen atoms in total. The molecule has 110 valence electrons. The maximum absolute atomic E-state index is 11.0. The van der Waals surface area contributed by atoms with Gasteiger partial charge in [-0.1, -0.05) is 77.6 Å². The smallest absolute Gasteiger partial charge is 0.166 e. The molecule has 0 unspecified atom stereocenters. The predicted molar refractivity (Wildman–Crippen MR) is 81.0 cm³/mol. The van der Waals surface area contributed by atoms with Gasteiger partial charge in [0.15, 0.2) is 5.78 Å². The van der Waals surface area contributed by atoms with E-state index in [1.54, 1.807) is 0 Å². The molecule has 0 aliphatic rings. The summed E-state index contributed by atoms with van der Waals surface area (Å²) in [5, 5.41) is 0. The van der Waals surface area contributed by atoms with Crippen LogP contribution in [0, 0.1) is 0 Å². The number of carbonyl (C=O) groups excluding carboxylic acids is 2. The quantitative estimate of drug-likeness (QED) is 0.251. The zero-order valence-corrected chi connectivity index (χ0v) is 12.6. The topological polar surface area (TPSA) is 34.1 Å². The predicted octanol–water partition coefficient (Wildman–Crippen LogP) is 5.03. The molecule has 0 radical (unpaired) electrons. The van der Waals surface area contributed by atoms with E-state index in [1.165, 1.54) is 70.1 Å². The Hall–Kier alpha value is -0.880. The minimum Gasteiger partial charge on any atom is -0.294 e. The van der Waals surface area contributed by atoms with Crippen molar-refractivity contribution < 1.29 is 9.59 Å². The molecule has 0 saturated heterocycles. The van der Waals surface area contributed by atoms with E-state index in [0.717, 1.165) is 18.9 Å². The average Bonchev–Trinajstić information content (AvgIpc) is 2.40. The second kappa shape index (κ2) is 15.2. The lowest BCUT2D eigenvalue weighted by molar-refractivity contribution is -0.114. The molecule has 0 aromatic carbocycles. The van der Waals surface area contributed by atoms with Crippen LogP contribution in [-0.2, 0) is 9.59 Å². The summed E-state index contributed by atoms with van der Waals surface area (Å²) in [5.74, 6) is 1.45. The van der Waals surface area contributed by atoms with E-state index >= 15 is 0 Å². The van der Waals surface area contributed by atoms with Crippen LogP contribution in [0.5, 0.6) is 0 Å². The fraction of sp³-hybridized carbons (Fsp3) is 0.824. The van der Waals surface area contributed by atoms with Crippen LogP contribution in [0.3, 0.4) is 0 Å². The van der Waals surface area contributed by atoms with Crippen molar-refractivity contribution in [2.45, 2.75) is 90.4 Å². The summed E-state index contributed by atoms with van der Waals surface area (Å²) >= 11 is 0. The Balaban J connectivity index is 3.06. The Bertz CT molecular complexity index is 252. The average molecular weight is 266 g/mol. The molecule has 0 saturated carbocycles. The first-order valence-electron chi connectivity index (χ1n) is 8.05. The Morgan fingerprint density at radius 2 is 1.21 bits per heavy atom. The van der Waals surface area contributed by atoms with Crippen LogP contribution in [0.2, 0.25) is 0 Å². The Morgan fingerprint density at radius 1 is 0.789 bits per heavy atom. The van der Waals surface area contributed by atoms with Crippen molar-refractivity contribution in [3.8, 4) is 0 Å². The van der Waals surface area contributed by atoms with Gasteiger partial charge in [0.05, 0.1) is 6.08 Å². The Morgan fingerprint density at radius 3 is 1.63 bits per heavy atom. The van der Waals surface area contributed by atoms with Gasteiger partial charge in [0.1, 0.15) is 5.94 Å². The molecule has 0 fully saturated rings. The van der Waals surface area contributed by atoms with Crippen molar-refractivity contribution in [1.82, 2.24) is 0 Å². The first-order chi connectivity index (χ1) is 9.31. The molecule has 2 heteroatoms. The summed E-state index contributed by atoms with van der Waals surface area (Å²) in [5.41, 5.74) is 0. The number of hydrogen-bond acceptors (Lipinski definition) is 2. The lowest BCUT2D eigenvalue weighted by Gasteiger charge is -2.02. The molecule has 0 amide bonds. The highest BCUT2D eigenvalue weighted by molar-refractivity contribution is 5.95. The molecular formula is C17H30O2. The normalized spacial score (nSPS) is 10.2. The van der Waals surface area contributed by atoms with Gasteiger partial charge in [-0.2, -0.15) is 0 Å². The molecule has 0 spiro atoms. The fourth-order valence-electron chi connectivity index (χ4n) is 2.28. The van der Waals surface area contributed by atoms with Gasteiger partial charge in [-0.15, -0.1) is 0 Å². The first kappa shape index (κ1) is 18.1. The van der Waals surface area contributed by atoms with Gasteiger partial charge in [-0.3, -0.25) is 4.79 Å². The Labute approximate surface area is 118 Å². The standard InChI is InChI=1S/C17H30O2/c1-2-3-4-5-6-7-8-9-10-11-12-13-14-17(19)15-16-18/h15H,2-14H2,1H3. The third-order valence-electron chi connectivity index (χ3n) is 3.50. The van der Waals surface area contributed by atoms with E-state index < -0.39 is 0 Å². The summed E-state index contributed by atoms with van der Waals surface area (Å²) in [6, 6.07) is 0. The van der Waals surface area contributed by atoms with Crippen LogP contribution in [0.25, 0.3) is 0 Å². The number of hydrogen-bond donors (Lipinski definition) is 0. The number of rotatable bonds is 14. The summed E-state index contributed by atoms with van der Waals surface area (Å²) in [4.78, 5) is 20.9. The number of ketones is 1. The summed E-state index contributed by atoms with van der Waals surface area (Å²) in [7, 11) is 0. The van der Waals surface area contributed by atoms with Crippen LogP contribution in [0.1, 0.15) is 90.4 Å². The second-order valence-corrected chi connectivity index (χ2v) is 5.37. The van der Waals surface area contributed by atoms with Gasteiger partial charge in [-0.05, 0) is 6.42 Å². The van der Waals surface area contributed by atoms with Crippen LogP contribution in [0.4, 0.5) is 0 Å². The van der Waals surface area contributed by atoms with E-state index in [4.69, 9.17) is 0 Å². The number of allylic oxidation sites excluding steroid dienone is 1. The van der Waals surface area contributed by atoms with Crippen molar-refractivity contribution in [2.24, 2.45) is 0 Å². The van der Waals surface area contributed by atoms with Gasteiger partial charge in [0.2, 0.25) is 0 Å². The van der Waals surface area contributed by atoms with E-state index in [1.807, 2.05) is 0 Å². The van der Waals surface area contributed by atoms with Crippen LogP contribution >= 0.6 is 0 Å². The monoisotopic (exact) mass is 266 g/mol. The minimum atomic E-state index is -0.0814. The first-order valence-corrected chi connectivity index (χ1v) is 8.05. The third-order valence-corrected chi connectivity index (χ3v) is 3.50. The number of unbranched alkanes of at least 4 members (excludes halogenated alkanes) is 11. The summed E-state index contributed by atoms with van der Waals surface area (Å²) < 4.78 is 0. The van der Waals surface area contributed by atoms with Crippen LogP contribution < -0.4 is 0 Å². The second-order valence-electron chi connectivity index (χ2n) is 5.37. The lowest BCUT2D eigenvalue weighted by atomic mass is 10.0. The SMILES string of the molecule is CCCCCCCCCCCCCCC(=O)C=C=O. The maximum Gasteiger partial charge on any atom is 0.166 e. The zero-order valence-electron chi connectivity index (χ0n) is 12.6. The highest BCUT2D eigenvalue weighted by Gasteiger charge is 1.97.